The van der Waals surface area contributed by atoms with Crippen LogP contribution >= 0.6 is 0 Å². The van der Waals surface area contributed by atoms with Crippen LogP contribution in [0.1, 0.15) is 22.6 Å². The topological polar surface area (TPSA) is 29.9 Å². The van der Waals surface area contributed by atoms with Crippen LogP contribution in [-0.2, 0) is 6.54 Å². The summed E-state index contributed by atoms with van der Waals surface area (Å²) in [6.45, 7) is 6.19. The number of aromatic nitrogens is 2. The van der Waals surface area contributed by atoms with E-state index < -0.39 is 0 Å². The number of hydrogen-bond acceptors (Lipinski definition) is 2. The van der Waals surface area contributed by atoms with Crippen molar-refractivity contribution in [2.45, 2.75) is 26.3 Å². The fourth-order valence-electron chi connectivity index (χ4n) is 2.40. The van der Waals surface area contributed by atoms with Crippen molar-refractivity contribution in [3.63, 3.8) is 0 Å². The van der Waals surface area contributed by atoms with Crippen LogP contribution in [0.3, 0.4) is 0 Å². The summed E-state index contributed by atoms with van der Waals surface area (Å²) in [5, 5.41) is 7.88. The Kier molecular flexibility index (Phi) is 2.39. The molecular weight excluding hydrogens is 210 g/mol. The fraction of sp³-hybridized carbons (Fsp3) is 0.357. The van der Waals surface area contributed by atoms with E-state index in [4.69, 9.17) is 0 Å². The Labute approximate surface area is 101 Å². The molecule has 0 saturated carbocycles. The molecule has 0 fully saturated rings. The Balaban J connectivity index is 1.86. The minimum atomic E-state index is 0.516. The quantitative estimate of drug-likeness (QED) is 0.811. The lowest BCUT2D eigenvalue weighted by atomic mass is 9.97. The fourth-order valence-corrected chi connectivity index (χ4v) is 2.40. The van der Waals surface area contributed by atoms with Gasteiger partial charge in [0.1, 0.15) is 5.82 Å². The van der Waals surface area contributed by atoms with Gasteiger partial charge in [0, 0.05) is 18.0 Å². The molecule has 88 valence electrons. The third-order valence-electron chi connectivity index (χ3n) is 3.48. The summed E-state index contributed by atoms with van der Waals surface area (Å²) in [4.78, 5) is 0. The van der Waals surface area contributed by atoms with Crippen LogP contribution in [0.4, 0.5) is 5.82 Å². The summed E-state index contributed by atoms with van der Waals surface area (Å²) >= 11 is 0. The smallest absolute Gasteiger partial charge is 0.127 e. The van der Waals surface area contributed by atoms with E-state index in [1.54, 1.807) is 0 Å². The molecule has 2 aromatic rings. The van der Waals surface area contributed by atoms with Crippen molar-refractivity contribution in [1.29, 1.82) is 0 Å². The average molecular weight is 227 g/mol. The van der Waals surface area contributed by atoms with Crippen molar-refractivity contribution in [3.8, 4) is 0 Å². The molecule has 3 heteroatoms. The minimum Gasteiger partial charge on any atom is -0.369 e. The highest BCUT2D eigenvalue weighted by molar-refractivity contribution is 5.45. The second kappa shape index (κ2) is 3.91. The Bertz CT molecular complexity index is 525. The summed E-state index contributed by atoms with van der Waals surface area (Å²) in [6, 6.07) is 8.81. The van der Waals surface area contributed by atoms with Crippen molar-refractivity contribution in [2.75, 3.05) is 11.9 Å². The van der Waals surface area contributed by atoms with E-state index in [0.29, 0.717) is 5.92 Å². The highest BCUT2D eigenvalue weighted by Crippen LogP contribution is 2.27. The first-order valence-corrected chi connectivity index (χ1v) is 6.07. The van der Waals surface area contributed by atoms with Crippen LogP contribution in [0.5, 0.6) is 0 Å². The molecule has 0 saturated heterocycles. The van der Waals surface area contributed by atoms with Crippen LogP contribution in [0.15, 0.2) is 30.5 Å². The SMILES string of the molecule is Cc1ccc(C2CNc3c(C)cnn3C2)cc1. The molecule has 0 bridgehead atoms. The van der Waals surface area contributed by atoms with Gasteiger partial charge in [0.15, 0.2) is 0 Å². The van der Waals surface area contributed by atoms with Gasteiger partial charge in [-0.2, -0.15) is 5.10 Å². The van der Waals surface area contributed by atoms with E-state index in [9.17, 15) is 0 Å². The molecule has 1 N–H and O–H groups in total. The Hall–Kier alpha value is -1.77. The molecule has 1 aromatic carbocycles. The second-order valence-corrected chi connectivity index (χ2v) is 4.85. The number of rotatable bonds is 1. The number of hydrogen-bond donors (Lipinski definition) is 1. The van der Waals surface area contributed by atoms with E-state index in [-0.39, 0.29) is 0 Å². The minimum absolute atomic E-state index is 0.516. The molecule has 2 heterocycles. The lowest BCUT2D eigenvalue weighted by molar-refractivity contribution is 0.505. The van der Waals surface area contributed by atoms with Crippen molar-refractivity contribution >= 4 is 5.82 Å². The lowest BCUT2D eigenvalue weighted by Gasteiger charge is -2.25. The Morgan fingerprint density at radius 2 is 2.00 bits per heavy atom. The van der Waals surface area contributed by atoms with Gasteiger partial charge in [-0.3, -0.25) is 0 Å². The summed E-state index contributed by atoms with van der Waals surface area (Å²) in [6.07, 6.45) is 1.93. The standard InChI is InChI=1S/C14H17N3/c1-10-3-5-12(6-4-10)13-8-15-14-11(2)7-16-17(14)9-13/h3-7,13,15H,8-9H2,1-2H3. The number of fused-ring (bicyclic) bond motifs is 1. The molecule has 17 heavy (non-hydrogen) atoms. The zero-order chi connectivity index (χ0) is 11.8. The summed E-state index contributed by atoms with van der Waals surface area (Å²) in [5.41, 5.74) is 3.93. The van der Waals surface area contributed by atoms with Gasteiger partial charge in [0.05, 0.1) is 12.7 Å². The third kappa shape index (κ3) is 1.82. The molecular formula is C14H17N3. The van der Waals surface area contributed by atoms with Crippen molar-refractivity contribution in [2.24, 2.45) is 0 Å². The summed E-state index contributed by atoms with van der Waals surface area (Å²) in [7, 11) is 0. The number of nitrogens with zero attached hydrogens (tertiary/aromatic N) is 2. The molecule has 1 aromatic heterocycles. The predicted octanol–water partition coefficient (Wildman–Crippen LogP) is 2.71. The first-order chi connectivity index (χ1) is 8.24. The zero-order valence-electron chi connectivity index (χ0n) is 10.3. The number of anilines is 1. The van der Waals surface area contributed by atoms with Gasteiger partial charge in [0.2, 0.25) is 0 Å². The van der Waals surface area contributed by atoms with Crippen molar-refractivity contribution < 1.29 is 0 Å². The maximum Gasteiger partial charge on any atom is 0.127 e. The van der Waals surface area contributed by atoms with Crippen LogP contribution < -0.4 is 5.32 Å². The third-order valence-corrected chi connectivity index (χ3v) is 3.48. The average Bonchev–Trinajstić information content (AvgIpc) is 2.72. The van der Waals surface area contributed by atoms with Crippen LogP contribution in [0.2, 0.25) is 0 Å². The molecule has 1 aliphatic heterocycles. The molecule has 3 nitrogen and oxygen atoms in total. The van der Waals surface area contributed by atoms with E-state index in [0.717, 1.165) is 13.1 Å². The normalized spacial score (nSPS) is 18.6. The molecule has 0 spiro atoms. The van der Waals surface area contributed by atoms with Gasteiger partial charge >= 0.3 is 0 Å². The van der Waals surface area contributed by atoms with Gasteiger partial charge in [-0.1, -0.05) is 29.8 Å². The molecule has 1 atom stereocenters. The molecule has 1 unspecified atom stereocenters. The maximum atomic E-state index is 4.40. The van der Waals surface area contributed by atoms with E-state index in [2.05, 4.69) is 53.2 Å². The predicted molar refractivity (Wildman–Crippen MR) is 69.4 cm³/mol. The van der Waals surface area contributed by atoms with Gasteiger partial charge in [-0.05, 0) is 19.4 Å². The summed E-state index contributed by atoms with van der Waals surface area (Å²) in [5.74, 6) is 1.69. The Morgan fingerprint density at radius 1 is 1.24 bits per heavy atom. The van der Waals surface area contributed by atoms with Gasteiger partial charge in [-0.25, -0.2) is 4.68 Å². The van der Waals surface area contributed by atoms with E-state index in [1.165, 1.54) is 22.5 Å². The van der Waals surface area contributed by atoms with Crippen molar-refractivity contribution in [1.82, 2.24) is 9.78 Å². The van der Waals surface area contributed by atoms with Crippen molar-refractivity contribution in [3.05, 3.63) is 47.2 Å². The van der Waals surface area contributed by atoms with Gasteiger partial charge in [0.25, 0.3) is 0 Å². The van der Waals surface area contributed by atoms with E-state index in [1.807, 2.05) is 6.20 Å². The Morgan fingerprint density at radius 3 is 2.76 bits per heavy atom. The van der Waals surface area contributed by atoms with Gasteiger partial charge in [-0.15, -0.1) is 0 Å². The molecule has 0 amide bonds. The number of nitrogens with one attached hydrogen (secondary N) is 1. The first kappa shape index (κ1) is 10.4. The van der Waals surface area contributed by atoms with Crippen LogP contribution in [0.25, 0.3) is 0 Å². The number of aryl methyl sites for hydroxylation is 2. The van der Waals surface area contributed by atoms with E-state index >= 15 is 0 Å². The monoisotopic (exact) mass is 227 g/mol. The first-order valence-electron chi connectivity index (χ1n) is 6.07. The lowest BCUT2D eigenvalue weighted by Crippen LogP contribution is -2.26. The van der Waals surface area contributed by atoms with Crippen LogP contribution in [-0.4, -0.2) is 16.3 Å². The zero-order valence-corrected chi connectivity index (χ0v) is 10.3. The molecule has 0 radical (unpaired) electrons. The molecule has 3 rings (SSSR count). The molecule has 1 aliphatic rings. The maximum absolute atomic E-state index is 4.40. The largest absolute Gasteiger partial charge is 0.369 e. The molecule has 0 aliphatic carbocycles. The second-order valence-electron chi connectivity index (χ2n) is 4.85. The highest BCUT2D eigenvalue weighted by Gasteiger charge is 2.21. The van der Waals surface area contributed by atoms with Crippen LogP contribution in [0, 0.1) is 13.8 Å². The van der Waals surface area contributed by atoms with Gasteiger partial charge < -0.3 is 5.32 Å². The summed E-state index contributed by atoms with van der Waals surface area (Å²) < 4.78 is 2.07. The highest BCUT2D eigenvalue weighted by atomic mass is 15.3. The number of benzene rings is 1.